The van der Waals surface area contributed by atoms with Crippen molar-refractivity contribution in [2.45, 2.75) is 30.9 Å². The number of rotatable bonds is 6. The lowest BCUT2D eigenvalue weighted by molar-refractivity contribution is 0.102. The summed E-state index contributed by atoms with van der Waals surface area (Å²) in [7, 11) is -3.17. The Balaban J connectivity index is 1.19. The molecule has 3 aromatic heterocycles. The smallest absolute Gasteiger partial charge is 0.259 e. The van der Waals surface area contributed by atoms with Crippen molar-refractivity contribution in [1.82, 2.24) is 34.1 Å². The van der Waals surface area contributed by atoms with Gasteiger partial charge in [0.05, 0.1) is 34.1 Å². The molecule has 1 aliphatic heterocycles. The zero-order chi connectivity index (χ0) is 23.4. The second-order valence-corrected chi connectivity index (χ2v) is 11.0. The van der Waals surface area contributed by atoms with Crippen molar-refractivity contribution in [2.24, 2.45) is 0 Å². The first-order valence-electron chi connectivity index (χ1n) is 11.0. The normalized spacial score (nSPS) is 17.1. The van der Waals surface area contributed by atoms with Gasteiger partial charge in [0.1, 0.15) is 0 Å². The Morgan fingerprint density at radius 2 is 1.97 bits per heavy atom. The van der Waals surface area contributed by atoms with Crippen molar-refractivity contribution in [3.8, 4) is 5.69 Å². The molecule has 0 bridgehead atoms. The van der Waals surface area contributed by atoms with Crippen LogP contribution in [-0.2, 0) is 10.0 Å². The topological polar surface area (TPSA) is 127 Å². The summed E-state index contributed by atoms with van der Waals surface area (Å²) in [6, 6.07) is 11.0. The molecule has 1 N–H and O–H groups in total. The standard InChI is InChI=1S/C22H22N8O3S/c1-14-5-6-16(10-19(14)24-22(31)18-11-23-29-9-3-2-4-20(18)29)30-26-21(25-27-30)15-12-28(13-15)34(32,33)17-7-8-17/h2-6,9-11,15,17H,7-8,12-13H2,1H3,(H,24,31). The number of fused-ring (bicyclic) bond motifs is 1. The minimum absolute atomic E-state index is 0.0671. The molecule has 34 heavy (non-hydrogen) atoms. The van der Waals surface area contributed by atoms with E-state index in [0.29, 0.717) is 35.9 Å². The van der Waals surface area contributed by atoms with Crippen molar-refractivity contribution >= 4 is 27.1 Å². The quantitative estimate of drug-likeness (QED) is 0.447. The van der Waals surface area contributed by atoms with Crippen LogP contribution in [0.3, 0.4) is 0 Å². The Morgan fingerprint density at radius 3 is 2.76 bits per heavy atom. The molecule has 2 aliphatic rings. The Morgan fingerprint density at radius 1 is 1.15 bits per heavy atom. The molecule has 1 aromatic carbocycles. The second-order valence-electron chi connectivity index (χ2n) is 8.74. The summed E-state index contributed by atoms with van der Waals surface area (Å²) in [6.07, 6.45) is 4.83. The number of aromatic nitrogens is 6. The number of carbonyl (C=O) groups is 1. The predicted octanol–water partition coefficient (Wildman–Crippen LogP) is 1.76. The third kappa shape index (κ3) is 3.55. The van der Waals surface area contributed by atoms with Crippen LogP contribution in [-0.4, -0.2) is 66.8 Å². The Kier molecular flexibility index (Phi) is 4.74. The predicted molar refractivity (Wildman–Crippen MR) is 123 cm³/mol. The van der Waals surface area contributed by atoms with Crippen LogP contribution in [0.2, 0.25) is 0 Å². The number of benzene rings is 1. The minimum atomic E-state index is -3.17. The molecule has 2 fully saturated rings. The highest BCUT2D eigenvalue weighted by Gasteiger charge is 2.46. The maximum atomic E-state index is 12.9. The number of tetrazole rings is 1. The van der Waals surface area contributed by atoms with Gasteiger partial charge in [-0.25, -0.2) is 17.2 Å². The van der Waals surface area contributed by atoms with E-state index < -0.39 is 10.0 Å². The lowest BCUT2D eigenvalue weighted by atomic mass is 10.0. The van der Waals surface area contributed by atoms with Gasteiger partial charge in [-0.2, -0.15) is 5.10 Å². The van der Waals surface area contributed by atoms with Gasteiger partial charge in [-0.05, 0) is 54.8 Å². The van der Waals surface area contributed by atoms with E-state index in [9.17, 15) is 13.2 Å². The van der Waals surface area contributed by atoms with Gasteiger partial charge >= 0.3 is 0 Å². The SMILES string of the molecule is Cc1ccc(-n2nnc(C3CN(S(=O)(=O)C4CC4)C3)n2)cc1NC(=O)c1cnn2ccccc12. The van der Waals surface area contributed by atoms with Crippen molar-refractivity contribution in [2.75, 3.05) is 18.4 Å². The number of carbonyl (C=O) groups excluding carboxylic acids is 1. The first-order valence-corrected chi connectivity index (χ1v) is 12.5. The highest BCUT2D eigenvalue weighted by molar-refractivity contribution is 7.90. The third-order valence-corrected chi connectivity index (χ3v) is 8.65. The fraction of sp³-hybridized carbons (Fsp3) is 0.318. The van der Waals surface area contributed by atoms with Gasteiger partial charge in [-0.3, -0.25) is 4.79 Å². The van der Waals surface area contributed by atoms with Gasteiger partial charge in [0.25, 0.3) is 5.91 Å². The molecule has 1 aliphatic carbocycles. The molecule has 0 atom stereocenters. The van der Waals surface area contributed by atoms with Crippen LogP contribution in [0, 0.1) is 6.92 Å². The third-order valence-electron chi connectivity index (χ3n) is 6.32. The number of anilines is 1. The lowest BCUT2D eigenvalue weighted by Gasteiger charge is -2.36. The largest absolute Gasteiger partial charge is 0.322 e. The van der Waals surface area contributed by atoms with Gasteiger partial charge in [0.2, 0.25) is 10.0 Å². The van der Waals surface area contributed by atoms with Crippen LogP contribution in [0.15, 0.2) is 48.8 Å². The second kappa shape index (κ2) is 7.71. The first-order chi connectivity index (χ1) is 16.4. The highest BCUT2D eigenvalue weighted by atomic mass is 32.2. The van der Waals surface area contributed by atoms with Crippen LogP contribution in [0.5, 0.6) is 0 Å². The Labute approximate surface area is 195 Å². The fourth-order valence-corrected chi connectivity index (χ4v) is 5.98. The highest BCUT2D eigenvalue weighted by Crippen LogP contribution is 2.36. The first kappa shape index (κ1) is 20.9. The summed E-state index contributed by atoms with van der Waals surface area (Å²) in [5, 5.41) is 19.7. The molecule has 0 radical (unpaired) electrons. The van der Waals surface area contributed by atoms with Crippen molar-refractivity contribution in [3.63, 3.8) is 0 Å². The number of nitrogens with zero attached hydrogens (tertiary/aromatic N) is 7. The van der Waals surface area contributed by atoms with E-state index in [2.05, 4.69) is 25.8 Å². The van der Waals surface area contributed by atoms with Crippen molar-refractivity contribution < 1.29 is 13.2 Å². The summed E-state index contributed by atoms with van der Waals surface area (Å²) in [5.41, 5.74) is 3.34. The molecule has 1 saturated heterocycles. The number of nitrogens with one attached hydrogen (secondary N) is 1. The zero-order valence-corrected chi connectivity index (χ0v) is 19.2. The van der Waals surface area contributed by atoms with Crippen molar-refractivity contribution in [3.05, 3.63) is 65.7 Å². The minimum Gasteiger partial charge on any atom is -0.322 e. The molecule has 12 heteroatoms. The fourth-order valence-electron chi connectivity index (χ4n) is 4.05. The number of aryl methyl sites for hydroxylation is 1. The number of amides is 1. The molecule has 11 nitrogen and oxygen atoms in total. The number of sulfonamides is 1. The van der Waals surface area contributed by atoms with Gasteiger partial charge in [0, 0.05) is 25.0 Å². The lowest BCUT2D eigenvalue weighted by Crippen LogP contribution is -2.50. The molecule has 1 amide bonds. The number of hydrogen-bond acceptors (Lipinski definition) is 7. The molecule has 6 rings (SSSR count). The molecule has 4 aromatic rings. The van der Waals surface area contributed by atoms with Gasteiger partial charge < -0.3 is 5.32 Å². The molecule has 4 heterocycles. The summed E-state index contributed by atoms with van der Waals surface area (Å²) in [4.78, 5) is 14.3. The van der Waals surface area contributed by atoms with Crippen LogP contribution in [0.1, 0.15) is 40.5 Å². The van der Waals surface area contributed by atoms with Crippen LogP contribution < -0.4 is 5.32 Å². The van der Waals surface area contributed by atoms with E-state index in [1.54, 1.807) is 23.0 Å². The molecular weight excluding hydrogens is 456 g/mol. The van der Waals surface area contributed by atoms with Gasteiger partial charge in [-0.15, -0.1) is 15.0 Å². The summed E-state index contributed by atoms with van der Waals surface area (Å²) >= 11 is 0. The average Bonchev–Trinajstić information content (AvgIpc) is 3.40. The van der Waals surface area contributed by atoms with E-state index in [1.807, 2.05) is 37.3 Å². The van der Waals surface area contributed by atoms with E-state index in [-0.39, 0.29) is 17.1 Å². The summed E-state index contributed by atoms with van der Waals surface area (Å²) in [6.45, 7) is 2.68. The summed E-state index contributed by atoms with van der Waals surface area (Å²) < 4.78 is 27.8. The van der Waals surface area contributed by atoms with Crippen LogP contribution in [0.4, 0.5) is 5.69 Å². The Hall–Kier alpha value is -3.64. The van der Waals surface area contributed by atoms with Crippen molar-refractivity contribution in [1.29, 1.82) is 0 Å². The average molecular weight is 479 g/mol. The summed E-state index contributed by atoms with van der Waals surface area (Å²) in [5.74, 6) is 0.183. The molecular formula is C22H22N8O3S. The van der Waals surface area contributed by atoms with Gasteiger partial charge in [0.15, 0.2) is 5.82 Å². The number of pyridine rings is 1. The Bertz CT molecular complexity index is 1520. The molecule has 0 spiro atoms. The molecule has 1 saturated carbocycles. The molecule has 0 unspecified atom stereocenters. The van der Waals surface area contributed by atoms with Crippen LogP contribution >= 0.6 is 0 Å². The van der Waals surface area contributed by atoms with Crippen LogP contribution in [0.25, 0.3) is 11.2 Å². The van der Waals surface area contributed by atoms with E-state index in [0.717, 1.165) is 23.9 Å². The van der Waals surface area contributed by atoms with E-state index in [1.165, 1.54) is 9.10 Å². The monoisotopic (exact) mass is 478 g/mol. The van der Waals surface area contributed by atoms with E-state index >= 15 is 0 Å². The zero-order valence-electron chi connectivity index (χ0n) is 18.4. The maximum absolute atomic E-state index is 12.9. The van der Waals surface area contributed by atoms with Gasteiger partial charge in [-0.1, -0.05) is 12.1 Å². The molecule has 174 valence electrons. The van der Waals surface area contributed by atoms with E-state index in [4.69, 9.17) is 0 Å². The maximum Gasteiger partial charge on any atom is 0.259 e. The number of hydrogen-bond donors (Lipinski definition) is 1.